The van der Waals surface area contributed by atoms with Gasteiger partial charge in [-0.15, -0.1) is 0 Å². The molecule has 3 aromatic rings. The zero-order valence-corrected chi connectivity index (χ0v) is 18.8. The summed E-state index contributed by atoms with van der Waals surface area (Å²) in [6, 6.07) is 14.6. The van der Waals surface area contributed by atoms with Gasteiger partial charge in [-0.1, -0.05) is 23.7 Å². The van der Waals surface area contributed by atoms with Crippen molar-refractivity contribution in [3.05, 3.63) is 88.3 Å². The largest absolute Gasteiger partial charge is 0.507 e. The first kappa shape index (κ1) is 22.5. The van der Waals surface area contributed by atoms with Crippen LogP contribution in [0.3, 0.4) is 0 Å². The summed E-state index contributed by atoms with van der Waals surface area (Å²) in [5, 5.41) is 11.4. The van der Waals surface area contributed by atoms with Crippen molar-refractivity contribution in [3.8, 4) is 11.5 Å². The van der Waals surface area contributed by atoms with Crippen molar-refractivity contribution in [2.45, 2.75) is 12.5 Å². The quantitative estimate of drug-likeness (QED) is 0.310. The number of carbonyl (C=O) groups is 2. The summed E-state index contributed by atoms with van der Waals surface area (Å²) in [5.74, 6) is -0.356. The molecule has 1 aromatic heterocycles. The molecule has 170 valence electrons. The van der Waals surface area contributed by atoms with Gasteiger partial charge in [0.2, 0.25) is 0 Å². The first-order valence-electron chi connectivity index (χ1n) is 10.2. The normalized spacial score (nSPS) is 17.4. The molecular weight excluding hydrogens is 446 g/mol. The van der Waals surface area contributed by atoms with Crippen molar-refractivity contribution in [2.24, 2.45) is 0 Å². The monoisotopic (exact) mass is 467 g/mol. The van der Waals surface area contributed by atoms with Gasteiger partial charge < -0.3 is 23.9 Å². The summed E-state index contributed by atoms with van der Waals surface area (Å²) in [7, 11) is 3.04. The van der Waals surface area contributed by atoms with E-state index < -0.39 is 17.7 Å². The lowest BCUT2D eigenvalue weighted by atomic mass is 9.99. The average molecular weight is 468 g/mol. The molecule has 1 N–H and O–H groups in total. The van der Waals surface area contributed by atoms with Crippen molar-refractivity contribution in [1.29, 1.82) is 0 Å². The molecule has 0 aliphatic carbocycles. The molecule has 1 aliphatic rings. The molecule has 7 nitrogen and oxygen atoms in total. The van der Waals surface area contributed by atoms with Crippen molar-refractivity contribution >= 4 is 29.1 Å². The Hall–Kier alpha value is -3.71. The SMILES string of the molecule is COc1ccc(CCN2C(=O)C(=O)/C(=C(\O)c3ccc(Cl)c(OC)c3)C2c2ccco2)cc1. The molecular formula is C25H22ClNO6. The highest BCUT2D eigenvalue weighted by molar-refractivity contribution is 6.46. The van der Waals surface area contributed by atoms with Crippen LogP contribution in [-0.4, -0.2) is 42.5 Å². The number of benzene rings is 2. The van der Waals surface area contributed by atoms with Crippen molar-refractivity contribution < 1.29 is 28.6 Å². The Balaban J connectivity index is 1.72. The van der Waals surface area contributed by atoms with Crippen LogP contribution in [0.2, 0.25) is 5.02 Å². The molecule has 2 heterocycles. The number of hydrogen-bond donors (Lipinski definition) is 1. The molecule has 33 heavy (non-hydrogen) atoms. The van der Waals surface area contributed by atoms with Gasteiger partial charge in [-0.3, -0.25) is 9.59 Å². The highest BCUT2D eigenvalue weighted by Gasteiger charge is 2.47. The number of ketones is 1. The minimum absolute atomic E-state index is 0.0472. The van der Waals surface area contributed by atoms with Crippen LogP contribution < -0.4 is 9.47 Å². The zero-order valence-electron chi connectivity index (χ0n) is 18.1. The number of nitrogens with zero attached hydrogens (tertiary/aromatic N) is 1. The minimum atomic E-state index is -0.861. The lowest BCUT2D eigenvalue weighted by Crippen LogP contribution is -2.31. The molecule has 0 bridgehead atoms. The topological polar surface area (TPSA) is 89.2 Å². The first-order chi connectivity index (χ1) is 15.9. The molecule has 1 saturated heterocycles. The van der Waals surface area contributed by atoms with Gasteiger partial charge in [0.15, 0.2) is 0 Å². The van der Waals surface area contributed by atoms with E-state index in [1.165, 1.54) is 24.3 Å². The Morgan fingerprint density at radius 2 is 1.85 bits per heavy atom. The van der Waals surface area contributed by atoms with E-state index in [0.29, 0.717) is 28.5 Å². The maximum absolute atomic E-state index is 13.0. The second-order valence-corrected chi connectivity index (χ2v) is 7.86. The smallest absolute Gasteiger partial charge is 0.295 e. The summed E-state index contributed by atoms with van der Waals surface area (Å²) in [6.07, 6.45) is 1.97. The number of carbonyl (C=O) groups excluding carboxylic acids is 2. The number of aliphatic hydroxyl groups excluding tert-OH is 1. The van der Waals surface area contributed by atoms with E-state index in [1.54, 1.807) is 31.4 Å². The third kappa shape index (κ3) is 4.32. The predicted molar refractivity (Wildman–Crippen MR) is 122 cm³/mol. The first-order valence-corrected chi connectivity index (χ1v) is 10.6. The van der Waals surface area contributed by atoms with Gasteiger partial charge in [-0.2, -0.15) is 0 Å². The Kier molecular flexibility index (Phi) is 6.42. The van der Waals surface area contributed by atoms with Crippen molar-refractivity contribution in [1.82, 2.24) is 4.90 Å². The fourth-order valence-corrected chi connectivity index (χ4v) is 4.05. The average Bonchev–Trinajstić information content (AvgIpc) is 3.45. The van der Waals surface area contributed by atoms with Crippen LogP contribution in [0.15, 0.2) is 70.9 Å². The van der Waals surface area contributed by atoms with Crippen molar-refractivity contribution in [2.75, 3.05) is 20.8 Å². The lowest BCUT2D eigenvalue weighted by Gasteiger charge is -2.23. The molecule has 2 aromatic carbocycles. The van der Waals surface area contributed by atoms with Crippen LogP contribution in [0.4, 0.5) is 0 Å². The fraction of sp³-hybridized carbons (Fsp3) is 0.200. The highest BCUT2D eigenvalue weighted by atomic mass is 35.5. The second kappa shape index (κ2) is 9.42. The van der Waals surface area contributed by atoms with Crippen LogP contribution in [0.25, 0.3) is 5.76 Å². The minimum Gasteiger partial charge on any atom is -0.507 e. The Labute approximate surface area is 195 Å². The number of aliphatic hydroxyl groups is 1. The lowest BCUT2D eigenvalue weighted by molar-refractivity contribution is -0.140. The molecule has 0 saturated carbocycles. The standard InChI is InChI=1S/C25H22ClNO6/c1-31-17-8-5-15(6-9-17)11-12-27-22(19-4-3-13-33-19)21(24(29)25(27)30)23(28)16-7-10-18(26)20(14-16)32-2/h3-10,13-14,22,28H,11-12H2,1-2H3/b23-21-. The van der Waals surface area contributed by atoms with E-state index in [4.69, 9.17) is 25.5 Å². The van der Waals surface area contributed by atoms with Gasteiger partial charge >= 0.3 is 0 Å². The molecule has 0 radical (unpaired) electrons. The van der Waals surface area contributed by atoms with Gasteiger partial charge in [-0.25, -0.2) is 0 Å². The van der Waals surface area contributed by atoms with E-state index in [-0.39, 0.29) is 17.9 Å². The van der Waals surface area contributed by atoms with Gasteiger partial charge in [0.25, 0.3) is 11.7 Å². The van der Waals surface area contributed by atoms with Crippen LogP contribution in [-0.2, 0) is 16.0 Å². The molecule has 8 heteroatoms. The third-order valence-corrected chi connectivity index (χ3v) is 5.89. The molecule has 1 unspecified atom stereocenters. The number of Topliss-reactive ketones (excluding diaryl/α,β-unsaturated/α-hetero) is 1. The summed E-state index contributed by atoms with van der Waals surface area (Å²) in [4.78, 5) is 27.4. The number of rotatable bonds is 7. The number of hydrogen-bond acceptors (Lipinski definition) is 6. The summed E-state index contributed by atoms with van der Waals surface area (Å²) in [5.41, 5.74) is 1.23. The molecule has 1 atom stereocenters. The number of likely N-dealkylation sites (tertiary alicyclic amines) is 1. The van der Waals surface area contributed by atoms with Crippen LogP contribution in [0, 0.1) is 0 Å². The number of furan rings is 1. The summed E-state index contributed by atoms with van der Waals surface area (Å²) >= 11 is 6.09. The van der Waals surface area contributed by atoms with Crippen LogP contribution in [0.5, 0.6) is 11.5 Å². The highest BCUT2D eigenvalue weighted by Crippen LogP contribution is 2.40. The summed E-state index contributed by atoms with van der Waals surface area (Å²) < 4.78 is 15.9. The second-order valence-electron chi connectivity index (χ2n) is 7.46. The molecule has 1 fully saturated rings. The molecule has 1 amide bonds. The van der Waals surface area contributed by atoms with Gasteiger partial charge in [0.1, 0.15) is 29.1 Å². The third-order valence-electron chi connectivity index (χ3n) is 5.58. The van der Waals surface area contributed by atoms with E-state index in [2.05, 4.69) is 0 Å². The fourth-order valence-electron chi connectivity index (χ4n) is 3.86. The Morgan fingerprint density at radius 3 is 2.48 bits per heavy atom. The van der Waals surface area contributed by atoms with Crippen LogP contribution >= 0.6 is 11.6 Å². The van der Waals surface area contributed by atoms with Gasteiger partial charge in [0, 0.05) is 12.1 Å². The van der Waals surface area contributed by atoms with Gasteiger partial charge in [0.05, 0.1) is 31.1 Å². The van der Waals surface area contributed by atoms with Crippen molar-refractivity contribution in [3.63, 3.8) is 0 Å². The zero-order chi connectivity index (χ0) is 23.5. The Bertz CT molecular complexity index is 1200. The van der Waals surface area contributed by atoms with E-state index in [0.717, 1.165) is 11.3 Å². The maximum atomic E-state index is 13.0. The summed E-state index contributed by atoms with van der Waals surface area (Å²) in [6.45, 7) is 0.253. The number of halogens is 1. The van der Waals surface area contributed by atoms with E-state index >= 15 is 0 Å². The predicted octanol–water partition coefficient (Wildman–Crippen LogP) is 4.61. The van der Waals surface area contributed by atoms with Gasteiger partial charge in [-0.05, 0) is 54.4 Å². The molecule has 0 spiro atoms. The number of amides is 1. The van der Waals surface area contributed by atoms with Crippen LogP contribution in [0.1, 0.15) is 22.9 Å². The number of ether oxygens (including phenoxy) is 2. The molecule has 1 aliphatic heterocycles. The molecule has 4 rings (SSSR count). The maximum Gasteiger partial charge on any atom is 0.295 e. The van der Waals surface area contributed by atoms with E-state index in [9.17, 15) is 14.7 Å². The van der Waals surface area contributed by atoms with E-state index in [1.807, 2.05) is 24.3 Å². The Morgan fingerprint density at radius 1 is 1.09 bits per heavy atom. The number of methoxy groups -OCH3 is 2.